The van der Waals surface area contributed by atoms with E-state index in [2.05, 4.69) is 118 Å². The van der Waals surface area contributed by atoms with Crippen molar-refractivity contribution in [2.24, 2.45) is 0 Å². The molecule has 222 valence electrons. The van der Waals surface area contributed by atoms with E-state index in [4.69, 9.17) is 0 Å². The van der Waals surface area contributed by atoms with Crippen LogP contribution in [0.1, 0.15) is 78.4 Å². The number of benzene rings is 2. The van der Waals surface area contributed by atoms with Crippen LogP contribution in [0.2, 0.25) is 0 Å². The van der Waals surface area contributed by atoms with Gasteiger partial charge in [0.15, 0.2) is 0 Å². The molecule has 5 heteroatoms. The highest BCUT2D eigenvalue weighted by Gasteiger charge is 2.22. The molecule has 5 heterocycles. The van der Waals surface area contributed by atoms with Crippen molar-refractivity contribution in [3.63, 3.8) is 0 Å². The predicted molar refractivity (Wildman–Crippen MR) is 182 cm³/mol. The molecule has 0 saturated carbocycles. The molecule has 0 saturated heterocycles. The fraction of sp³-hybridized carbons (Fsp3) is 0.231. The first-order valence-electron chi connectivity index (χ1n) is 15.4. The van der Waals surface area contributed by atoms with Crippen LogP contribution in [0, 0.1) is 55.4 Å². The second-order valence-corrected chi connectivity index (χ2v) is 12.5. The molecule has 0 fully saturated rings. The van der Waals surface area contributed by atoms with E-state index in [1.807, 2.05) is 12.1 Å². The zero-order valence-corrected chi connectivity index (χ0v) is 26.9. The van der Waals surface area contributed by atoms with Gasteiger partial charge in [-0.3, -0.25) is 0 Å². The number of nitrogens with one attached hydrogen (secondary N) is 4. The summed E-state index contributed by atoms with van der Waals surface area (Å²) in [5.74, 6) is 0. The molecule has 1 aliphatic rings. The molecule has 7 rings (SSSR count). The van der Waals surface area contributed by atoms with Crippen molar-refractivity contribution >= 4 is 34.6 Å². The second kappa shape index (κ2) is 10.2. The summed E-state index contributed by atoms with van der Waals surface area (Å²) < 4.78 is 0. The minimum Gasteiger partial charge on any atom is -0.392 e. The standard InChI is InChI=1S/C39H40N4O/c1-19-21(3)33-16-35-23(5)25(7)38(42-35)37(29-14-13-27-11-9-10-12-28(27)30(29)18-44)39-26(8)24(6)36(43-39)17-34-22(4)20(2)32(41-34)15-31(19)40-33/h9-17,40-44H,18H2,1-8H3. The van der Waals surface area contributed by atoms with Crippen molar-refractivity contribution in [1.29, 1.82) is 0 Å². The second-order valence-electron chi connectivity index (χ2n) is 12.5. The lowest BCUT2D eigenvalue weighted by Gasteiger charge is -2.15. The van der Waals surface area contributed by atoms with E-state index in [1.165, 1.54) is 44.5 Å². The SMILES string of the molecule is Cc1c2[nH]c(c1C)C=c1[nH]c(c(C)c1C)=C(c1ccc3ccccc3c1CO)c1[nH]c(c(C)c1C)C=c1[nH]c(c(C)c1C)=C2. The Labute approximate surface area is 257 Å². The van der Waals surface area contributed by atoms with Gasteiger partial charge in [0.25, 0.3) is 0 Å². The molecule has 0 aliphatic carbocycles. The van der Waals surface area contributed by atoms with Crippen LogP contribution in [0.25, 0.3) is 34.6 Å². The minimum absolute atomic E-state index is 0.0560. The molecule has 0 spiro atoms. The molecule has 5 nitrogen and oxygen atoms in total. The van der Waals surface area contributed by atoms with Crippen LogP contribution in [-0.2, 0) is 6.61 Å². The number of rotatable bonds is 2. The van der Waals surface area contributed by atoms with Gasteiger partial charge >= 0.3 is 0 Å². The zero-order valence-electron chi connectivity index (χ0n) is 26.9. The smallest absolute Gasteiger partial charge is 0.0693 e. The maximum atomic E-state index is 10.8. The lowest BCUT2D eigenvalue weighted by molar-refractivity contribution is 0.283. The number of aromatic nitrogens is 4. The average molecular weight is 581 g/mol. The number of aliphatic hydroxyl groups excluding tert-OH is 1. The van der Waals surface area contributed by atoms with E-state index in [-0.39, 0.29) is 6.61 Å². The summed E-state index contributed by atoms with van der Waals surface area (Å²) in [6.07, 6.45) is 6.73. The van der Waals surface area contributed by atoms with E-state index in [0.717, 1.165) is 71.6 Å². The van der Waals surface area contributed by atoms with Crippen molar-refractivity contribution in [3.05, 3.63) is 136 Å². The van der Waals surface area contributed by atoms with E-state index in [9.17, 15) is 5.11 Å². The molecular formula is C39H40N4O. The van der Waals surface area contributed by atoms with Crippen molar-refractivity contribution in [2.75, 3.05) is 0 Å². The van der Waals surface area contributed by atoms with Crippen LogP contribution in [0.4, 0.5) is 0 Å². The van der Waals surface area contributed by atoms with E-state index >= 15 is 0 Å². The Morgan fingerprint density at radius 2 is 1.07 bits per heavy atom. The first-order valence-corrected chi connectivity index (χ1v) is 15.4. The van der Waals surface area contributed by atoms with Crippen LogP contribution < -0.4 is 21.4 Å². The number of aromatic amines is 4. The molecule has 5 N–H and O–H groups in total. The number of hydrogen-bond acceptors (Lipinski definition) is 1. The lowest BCUT2D eigenvalue weighted by atomic mass is 9.90. The Balaban J connectivity index is 1.70. The fourth-order valence-corrected chi connectivity index (χ4v) is 6.83. The highest BCUT2D eigenvalue weighted by molar-refractivity contribution is 5.93. The lowest BCUT2D eigenvalue weighted by Crippen LogP contribution is -2.18. The summed E-state index contributed by atoms with van der Waals surface area (Å²) in [6.45, 7) is 17.5. The fourth-order valence-electron chi connectivity index (χ4n) is 6.83. The molecule has 0 unspecified atom stereocenters. The molecule has 2 aromatic carbocycles. The largest absolute Gasteiger partial charge is 0.392 e. The first kappa shape index (κ1) is 28.1. The Hall–Kier alpha value is -4.74. The van der Waals surface area contributed by atoms with Gasteiger partial charge in [-0.05, 0) is 140 Å². The molecule has 8 bridgehead atoms. The van der Waals surface area contributed by atoms with Gasteiger partial charge in [-0.15, -0.1) is 0 Å². The quantitative estimate of drug-likeness (QED) is 0.192. The van der Waals surface area contributed by atoms with Crippen LogP contribution >= 0.6 is 0 Å². The Morgan fingerprint density at radius 3 is 1.70 bits per heavy atom. The average Bonchev–Trinajstić information content (AvgIpc) is 3.65. The molecular weight excluding hydrogens is 540 g/mol. The maximum absolute atomic E-state index is 10.8. The van der Waals surface area contributed by atoms with Gasteiger partial charge in [0.05, 0.1) is 17.6 Å². The highest BCUT2D eigenvalue weighted by Crippen LogP contribution is 2.33. The van der Waals surface area contributed by atoms with Gasteiger partial charge in [0.2, 0.25) is 0 Å². The number of aliphatic hydroxyl groups is 1. The van der Waals surface area contributed by atoms with Gasteiger partial charge in [-0.1, -0.05) is 36.4 Å². The van der Waals surface area contributed by atoms with Crippen molar-refractivity contribution < 1.29 is 5.11 Å². The van der Waals surface area contributed by atoms with Crippen LogP contribution in [0.5, 0.6) is 0 Å². The van der Waals surface area contributed by atoms with E-state index in [0.29, 0.717) is 0 Å². The van der Waals surface area contributed by atoms with Crippen LogP contribution in [-0.4, -0.2) is 25.0 Å². The van der Waals surface area contributed by atoms with Gasteiger partial charge in [-0.2, -0.15) is 0 Å². The van der Waals surface area contributed by atoms with Crippen LogP contribution in [0.15, 0.2) is 36.4 Å². The normalized spacial score (nSPS) is 12.8. The van der Waals surface area contributed by atoms with Crippen molar-refractivity contribution in [1.82, 2.24) is 19.9 Å². The summed E-state index contributed by atoms with van der Waals surface area (Å²) in [4.78, 5) is 15.1. The Kier molecular flexibility index (Phi) is 6.49. The first-order chi connectivity index (χ1) is 21.1. The molecule has 0 atom stereocenters. The van der Waals surface area contributed by atoms with Crippen molar-refractivity contribution in [2.45, 2.75) is 62.0 Å². The number of hydrogen-bond donors (Lipinski definition) is 5. The minimum atomic E-state index is -0.0560. The highest BCUT2D eigenvalue weighted by atomic mass is 16.3. The third-order valence-electron chi connectivity index (χ3n) is 10.3. The van der Waals surface area contributed by atoms with E-state index < -0.39 is 0 Å². The van der Waals surface area contributed by atoms with Crippen molar-refractivity contribution in [3.8, 4) is 0 Å². The molecule has 0 radical (unpaired) electrons. The predicted octanol–water partition coefficient (Wildman–Crippen LogP) is 5.16. The summed E-state index contributed by atoms with van der Waals surface area (Å²) in [5, 5.41) is 17.4. The summed E-state index contributed by atoms with van der Waals surface area (Å²) in [6, 6.07) is 12.7. The molecule has 0 amide bonds. The third-order valence-corrected chi connectivity index (χ3v) is 10.3. The molecule has 4 aromatic heterocycles. The van der Waals surface area contributed by atoms with E-state index in [1.54, 1.807) is 0 Å². The zero-order chi connectivity index (χ0) is 31.0. The number of H-pyrrole nitrogens is 4. The van der Waals surface area contributed by atoms with Gasteiger partial charge in [-0.25, -0.2) is 0 Å². The molecule has 1 aliphatic heterocycles. The number of fused-ring (bicyclic) bond motifs is 9. The summed E-state index contributed by atoms with van der Waals surface area (Å²) in [5.41, 5.74) is 17.1. The van der Waals surface area contributed by atoms with Gasteiger partial charge in [0, 0.05) is 38.7 Å². The summed E-state index contributed by atoms with van der Waals surface area (Å²) in [7, 11) is 0. The summed E-state index contributed by atoms with van der Waals surface area (Å²) >= 11 is 0. The molecule has 44 heavy (non-hydrogen) atoms. The topological polar surface area (TPSA) is 83.4 Å². The third kappa shape index (κ3) is 4.10. The monoisotopic (exact) mass is 580 g/mol. The Bertz CT molecular complexity index is 2400. The van der Waals surface area contributed by atoms with Crippen LogP contribution in [0.3, 0.4) is 0 Å². The van der Waals surface area contributed by atoms with Gasteiger partial charge < -0.3 is 25.0 Å². The maximum Gasteiger partial charge on any atom is 0.0693 e. The Morgan fingerprint density at radius 1 is 0.523 bits per heavy atom. The molecule has 6 aromatic rings. The van der Waals surface area contributed by atoms with Gasteiger partial charge in [0.1, 0.15) is 0 Å².